The maximum atomic E-state index is 12.3. The molecule has 7 heteroatoms. The normalized spacial score (nSPS) is 15.9. The van der Waals surface area contributed by atoms with E-state index in [9.17, 15) is 19.2 Å². The molecule has 25 heavy (non-hydrogen) atoms. The lowest BCUT2D eigenvalue weighted by atomic mass is 10.1. The molecule has 134 valence electrons. The predicted molar refractivity (Wildman–Crippen MR) is 89.0 cm³/mol. The first-order valence-corrected chi connectivity index (χ1v) is 8.28. The number of benzene rings is 1. The summed E-state index contributed by atoms with van der Waals surface area (Å²) in [5.74, 6) is -3.24. The van der Waals surface area contributed by atoms with E-state index < -0.39 is 29.6 Å². The second-order valence-electron chi connectivity index (χ2n) is 5.93. The number of piperazine rings is 1. The van der Waals surface area contributed by atoms with Gasteiger partial charge in [-0.25, -0.2) is 0 Å². The second kappa shape index (κ2) is 8.41. The molecule has 0 N–H and O–H groups in total. The zero-order valence-electron chi connectivity index (χ0n) is 14.4. The van der Waals surface area contributed by atoms with Crippen LogP contribution in [0.5, 0.6) is 0 Å². The highest BCUT2D eigenvalue weighted by Crippen LogP contribution is 2.13. The molecule has 1 fully saturated rings. The van der Waals surface area contributed by atoms with E-state index in [0.717, 1.165) is 10.5 Å². The van der Waals surface area contributed by atoms with Gasteiger partial charge in [-0.15, -0.1) is 0 Å². The highest BCUT2D eigenvalue weighted by molar-refractivity contribution is 6.38. The average Bonchev–Trinajstić information content (AvgIpc) is 2.62. The minimum absolute atomic E-state index is 0.130. The van der Waals surface area contributed by atoms with Crippen LogP contribution >= 0.6 is 0 Å². The topological polar surface area (TPSA) is 84.0 Å². The molecule has 1 aromatic carbocycles. The van der Waals surface area contributed by atoms with Crippen LogP contribution in [-0.4, -0.2) is 53.1 Å². The Hall–Kier alpha value is -2.70. The summed E-state index contributed by atoms with van der Waals surface area (Å²) in [6.07, 6.45) is -0.168. The van der Waals surface area contributed by atoms with Crippen molar-refractivity contribution >= 4 is 23.7 Å². The molecule has 0 aliphatic carbocycles. The number of imide groups is 1. The van der Waals surface area contributed by atoms with E-state index in [1.165, 1.54) is 4.90 Å². The van der Waals surface area contributed by atoms with Crippen molar-refractivity contribution in [2.75, 3.05) is 19.6 Å². The molecule has 2 rings (SSSR count). The fourth-order valence-electron chi connectivity index (χ4n) is 2.54. The number of carbonyl (C=O) groups excluding carboxylic acids is 4. The Balaban J connectivity index is 1.86. The van der Waals surface area contributed by atoms with Gasteiger partial charge in [-0.3, -0.25) is 24.1 Å². The van der Waals surface area contributed by atoms with E-state index in [2.05, 4.69) is 0 Å². The fourth-order valence-corrected chi connectivity index (χ4v) is 2.54. The molecule has 0 bridgehead atoms. The van der Waals surface area contributed by atoms with Crippen LogP contribution in [0.15, 0.2) is 30.3 Å². The minimum atomic E-state index is -0.831. The van der Waals surface area contributed by atoms with E-state index in [-0.39, 0.29) is 19.6 Å². The van der Waals surface area contributed by atoms with E-state index in [4.69, 9.17) is 4.74 Å². The molecule has 1 heterocycles. The van der Waals surface area contributed by atoms with Gasteiger partial charge < -0.3 is 9.64 Å². The van der Waals surface area contributed by atoms with Gasteiger partial charge >= 0.3 is 17.8 Å². The Labute approximate surface area is 146 Å². The van der Waals surface area contributed by atoms with Gasteiger partial charge in [-0.2, -0.15) is 0 Å². The molecular formula is C18H22N2O5. The van der Waals surface area contributed by atoms with Gasteiger partial charge in [-0.1, -0.05) is 37.3 Å². The highest BCUT2D eigenvalue weighted by atomic mass is 16.5. The van der Waals surface area contributed by atoms with Crippen molar-refractivity contribution in [3.8, 4) is 0 Å². The van der Waals surface area contributed by atoms with Crippen molar-refractivity contribution in [1.82, 2.24) is 9.80 Å². The van der Waals surface area contributed by atoms with Crippen molar-refractivity contribution < 1.29 is 23.9 Å². The molecule has 0 radical (unpaired) electrons. The van der Waals surface area contributed by atoms with E-state index in [1.54, 1.807) is 13.8 Å². The maximum absolute atomic E-state index is 12.3. The molecule has 0 spiro atoms. The van der Waals surface area contributed by atoms with Crippen molar-refractivity contribution in [2.45, 2.75) is 26.9 Å². The summed E-state index contributed by atoms with van der Waals surface area (Å²) in [5, 5.41) is 0. The third-order valence-electron chi connectivity index (χ3n) is 4.10. The Morgan fingerprint density at radius 3 is 2.44 bits per heavy atom. The molecule has 1 atom stereocenters. The molecule has 3 amide bonds. The van der Waals surface area contributed by atoms with Crippen molar-refractivity contribution in [3.05, 3.63) is 35.9 Å². The van der Waals surface area contributed by atoms with Crippen molar-refractivity contribution in [1.29, 1.82) is 0 Å². The number of hydrogen-bond donors (Lipinski definition) is 0. The lowest BCUT2D eigenvalue weighted by Crippen LogP contribution is -2.56. The number of rotatable bonds is 6. The van der Waals surface area contributed by atoms with Crippen molar-refractivity contribution in [3.63, 3.8) is 0 Å². The predicted octanol–water partition coefficient (Wildman–Crippen LogP) is 0.973. The van der Waals surface area contributed by atoms with Crippen LogP contribution in [0.25, 0.3) is 0 Å². The first-order valence-electron chi connectivity index (χ1n) is 8.28. The zero-order valence-corrected chi connectivity index (χ0v) is 14.4. The van der Waals surface area contributed by atoms with Crippen LogP contribution in [0.3, 0.4) is 0 Å². The van der Waals surface area contributed by atoms with Gasteiger partial charge in [-0.05, 0) is 12.5 Å². The molecule has 1 aliphatic rings. The van der Waals surface area contributed by atoms with E-state index in [1.807, 2.05) is 30.3 Å². The highest BCUT2D eigenvalue weighted by Gasteiger charge is 2.36. The minimum Gasteiger partial charge on any atom is -0.461 e. The van der Waals surface area contributed by atoms with Crippen LogP contribution in [0, 0.1) is 5.92 Å². The summed E-state index contributed by atoms with van der Waals surface area (Å²) in [7, 11) is 0. The van der Waals surface area contributed by atoms with Gasteiger partial charge in [0.1, 0.15) is 6.61 Å². The quantitative estimate of drug-likeness (QED) is 0.566. The molecule has 0 unspecified atom stereocenters. The number of likely N-dealkylation sites (N-methyl/N-ethyl adjacent to an activating group) is 1. The summed E-state index contributed by atoms with van der Waals surface area (Å²) in [6, 6.07) is 9.22. The maximum Gasteiger partial charge on any atom is 0.318 e. The largest absolute Gasteiger partial charge is 0.461 e. The Morgan fingerprint density at radius 1 is 1.12 bits per heavy atom. The zero-order chi connectivity index (χ0) is 18.4. The molecule has 1 aromatic rings. The van der Waals surface area contributed by atoms with E-state index >= 15 is 0 Å². The van der Waals surface area contributed by atoms with Crippen LogP contribution < -0.4 is 0 Å². The number of hydrogen-bond acceptors (Lipinski definition) is 5. The summed E-state index contributed by atoms with van der Waals surface area (Å²) < 4.78 is 5.19. The molecule has 1 saturated heterocycles. The Bertz CT molecular complexity index is 659. The molecule has 1 aliphatic heterocycles. The van der Waals surface area contributed by atoms with Gasteiger partial charge in [0, 0.05) is 26.1 Å². The number of carbonyl (C=O) groups is 4. The van der Waals surface area contributed by atoms with Gasteiger partial charge in [0.05, 0.1) is 5.92 Å². The lowest BCUT2D eigenvalue weighted by Gasteiger charge is -2.32. The number of esters is 1. The van der Waals surface area contributed by atoms with Gasteiger partial charge in [0.15, 0.2) is 0 Å². The summed E-state index contributed by atoms with van der Waals surface area (Å²) in [4.78, 5) is 50.4. The van der Waals surface area contributed by atoms with Gasteiger partial charge in [0.2, 0.25) is 5.91 Å². The SMILES string of the molecule is CCN1CCN(C(=O)C[C@H](C)C(=O)OCc2ccccc2)C(=O)C1=O. The number of amides is 3. The lowest BCUT2D eigenvalue weighted by molar-refractivity contribution is -0.162. The van der Waals surface area contributed by atoms with Crippen LogP contribution in [0.2, 0.25) is 0 Å². The fraction of sp³-hybridized carbons (Fsp3) is 0.444. The van der Waals surface area contributed by atoms with Crippen LogP contribution in [0.4, 0.5) is 0 Å². The average molecular weight is 346 g/mol. The third-order valence-corrected chi connectivity index (χ3v) is 4.10. The van der Waals surface area contributed by atoms with Crippen LogP contribution in [-0.2, 0) is 30.5 Å². The van der Waals surface area contributed by atoms with Gasteiger partial charge in [0.25, 0.3) is 0 Å². The third kappa shape index (κ3) is 4.65. The summed E-state index contributed by atoms with van der Waals surface area (Å²) >= 11 is 0. The Morgan fingerprint density at radius 2 is 1.80 bits per heavy atom. The summed E-state index contributed by atoms with van der Waals surface area (Å²) in [5.41, 5.74) is 0.853. The number of nitrogens with zero attached hydrogens (tertiary/aromatic N) is 2. The van der Waals surface area contributed by atoms with Crippen LogP contribution in [0.1, 0.15) is 25.8 Å². The smallest absolute Gasteiger partial charge is 0.318 e. The summed E-state index contributed by atoms with van der Waals surface area (Å²) in [6.45, 7) is 4.37. The molecule has 0 aromatic heterocycles. The monoisotopic (exact) mass is 346 g/mol. The first kappa shape index (κ1) is 18.6. The van der Waals surface area contributed by atoms with E-state index in [0.29, 0.717) is 13.1 Å². The van der Waals surface area contributed by atoms with Crippen molar-refractivity contribution in [2.24, 2.45) is 5.92 Å². The number of ether oxygens (including phenoxy) is 1. The molecular weight excluding hydrogens is 324 g/mol. The molecule has 7 nitrogen and oxygen atoms in total. The second-order valence-corrected chi connectivity index (χ2v) is 5.93. The standard InChI is InChI=1S/C18H22N2O5/c1-3-19-9-10-20(17(23)16(19)22)15(21)11-13(2)18(24)25-12-14-7-5-4-6-8-14/h4-8,13H,3,9-12H2,1-2H3/t13-/m0/s1. The molecule has 0 saturated carbocycles. The Kier molecular flexibility index (Phi) is 6.27. The first-order chi connectivity index (χ1) is 11.9.